The van der Waals surface area contributed by atoms with Gasteiger partial charge in [0.2, 0.25) is 0 Å². The number of nitrogens with zero attached hydrogens (tertiary/aromatic N) is 3. The van der Waals surface area contributed by atoms with E-state index in [-0.39, 0.29) is 16.6 Å². The lowest BCUT2D eigenvalue weighted by atomic mass is 9.63. The van der Waals surface area contributed by atoms with Crippen LogP contribution in [0.4, 0.5) is 4.39 Å². The van der Waals surface area contributed by atoms with Crippen molar-refractivity contribution in [2.24, 2.45) is 0 Å². The fourth-order valence-electron chi connectivity index (χ4n) is 6.30. The molecule has 6 aromatic rings. The third-order valence-electron chi connectivity index (χ3n) is 9.06. The Labute approximate surface area is 252 Å². The summed E-state index contributed by atoms with van der Waals surface area (Å²) in [5, 5.41) is 2.26. The first-order valence-electron chi connectivity index (χ1n) is 14.9. The van der Waals surface area contributed by atoms with Gasteiger partial charge in [-0.05, 0) is 74.9 Å². The van der Waals surface area contributed by atoms with Gasteiger partial charge in [-0.3, -0.25) is 0 Å². The zero-order valence-electron chi connectivity index (χ0n) is 25.0. The van der Waals surface area contributed by atoms with Crippen LogP contribution in [0.15, 0.2) is 109 Å². The van der Waals surface area contributed by atoms with E-state index in [0.717, 1.165) is 27.5 Å². The van der Waals surface area contributed by atoms with Gasteiger partial charge in [0.15, 0.2) is 17.5 Å². The van der Waals surface area contributed by atoms with E-state index in [4.69, 9.17) is 15.0 Å². The number of benzene rings is 5. The van der Waals surface area contributed by atoms with Gasteiger partial charge in [0, 0.05) is 16.7 Å². The molecule has 0 N–H and O–H groups in total. The van der Waals surface area contributed by atoms with E-state index in [2.05, 4.69) is 94.4 Å². The summed E-state index contributed by atoms with van der Waals surface area (Å²) in [6, 6.07) is 36.2. The zero-order chi connectivity index (χ0) is 29.8. The topological polar surface area (TPSA) is 38.7 Å². The summed E-state index contributed by atoms with van der Waals surface area (Å²) < 4.78 is 14.2. The minimum atomic E-state index is -0.326. The van der Waals surface area contributed by atoms with Gasteiger partial charge in [0.05, 0.1) is 0 Å². The van der Waals surface area contributed by atoms with Crippen LogP contribution in [-0.4, -0.2) is 15.0 Å². The maximum absolute atomic E-state index is 14.2. The lowest BCUT2D eigenvalue weighted by Gasteiger charge is -2.42. The molecule has 0 radical (unpaired) electrons. The lowest BCUT2D eigenvalue weighted by molar-refractivity contribution is 0.332. The minimum absolute atomic E-state index is 0.151. The normalized spacial score (nSPS) is 15.3. The van der Waals surface area contributed by atoms with E-state index in [1.165, 1.54) is 41.7 Å². The summed E-state index contributed by atoms with van der Waals surface area (Å²) in [5.41, 5.74) is 7.99. The van der Waals surface area contributed by atoms with Crippen molar-refractivity contribution in [3.63, 3.8) is 0 Å². The molecule has 1 aliphatic carbocycles. The third kappa shape index (κ3) is 5.12. The Bertz CT molecular complexity index is 1990. The highest BCUT2D eigenvalue weighted by atomic mass is 19.1. The molecule has 0 aliphatic heterocycles. The predicted molar refractivity (Wildman–Crippen MR) is 174 cm³/mol. The smallest absolute Gasteiger partial charge is 0.164 e. The summed E-state index contributed by atoms with van der Waals surface area (Å²) >= 11 is 0. The summed E-state index contributed by atoms with van der Waals surface area (Å²) in [7, 11) is 0. The predicted octanol–water partition coefficient (Wildman–Crippen LogP) is 10.2. The van der Waals surface area contributed by atoms with E-state index < -0.39 is 0 Å². The molecular weight excluding hydrogens is 529 g/mol. The second kappa shape index (κ2) is 10.2. The van der Waals surface area contributed by atoms with Gasteiger partial charge in [-0.1, -0.05) is 119 Å². The molecule has 7 rings (SSSR count). The van der Waals surface area contributed by atoms with Crippen LogP contribution in [0.2, 0.25) is 0 Å². The van der Waals surface area contributed by atoms with Crippen LogP contribution >= 0.6 is 0 Å². The molecule has 0 saturated heterocycles. The van der Waals surface area contributed by atoms with Crippen LogP contribution in [0, 0.1) is 5.82 Å². The van der Waals surface area contributed by atoms with Crippen LogP contribution in [-0.2, 0) is 10.8 Å². The van der Waals surface area contributed by atoms with Crippen molar-refractivity contribution in [3.05, 3.63) is 126 Å². The molecule has 0 saturated carbocycles. The molecule has 43 heavy (non-hydrogen) atoms. The zero-order valence-corrected chi connectivity index (χ0v) is 25.0. The lowest BCUT2D eigenvalue weighted by Crippen LogP contribution is -2.33. The van der Waals surface area contributed by atoms with Gasteiger partial charge >= 0.3 is 0 Å². The largest absolute Gasteiger partial charge is 0.208 e. The first-order chi connectivity index (χ1) is 20.7. The Morgan fingerprint density at radius 2 is 1.02 bits per heavy atom. The van der Waals surface area contributed by atoms with E-state index in [0.29, 0.717) is 23.0 Å². The van der Waals surface area contributed by atoms with Crippen LogP contribution in [0.25, 0.3) is 56.1 Å². The Morgan fingerprint density at radius 1 is 0.465 bits per heavy atom. The van der Waals surface area contributed by atoms with Crippen LogP contribution in [0.3, 0.4) is 0 Å². The van der Waals surface area contributed by atoms with Gasteiger partial charge in [0.25, 0.3) is 0 Å². The van der Waals surface area contributed by atoms with Crippen molar-refractivity contribution in [2.75, 3.05) is 0 Å². The summed E-state index contributed by atoms with van der Waals surface area (Å²) in [5.74, 6) is 1.22. The maximum atomic E-state index is 14.2. The number of aromatic nitrogens is 3. The number of hydrogen-bond acceptors (Lipinski definition) is 3. The SMILES string of the molecule is CC1(C)CCC(C)(C)c2cc(-c3ccc(-c4nc(-c5cccc(F)c5)nc(-c5ccc6ccccc6c5)n4)cc3)ccc21. The van der Waals surface area contributed by atoms with Gasteiger partial charge in [-0.2, -0.15) is 0 Å². The number of halogens is 1. The van der Waals surface area contributed by atoms with E-state index in [1.54, 1.807) is 6.07 Å². The highest BCUT2D eigenvalue weighted by Crippen LogP contribution is 2.46. The van der Waals surface area contributed by atoms with Crippen LogP contribution in [0.5, 0.6) is 0 Å². The van der Waals surface area contributed by atoms with Crippen molar-refractivity contribution < 1.29 is 4.39 Å². The maximum Gasteiger partial charge on any atom is 0.164 e. The number of rotatable bonds is 4. The van der Waals surface area contributed by atoms with E-state index in [1.807, 2.05) is 24.3 Å². The fraction of sp³-hybridized carbons (Fsp3) is 0.205. The van der Waals surface area contributed by atoms with Gasteiger partial charge < -0.3 is 0 Å². The minimum Gasteiger partial charge on any atom is -0.208 e. The first-order valence-corrected chi connectivity index (χ1v) is 14.9. The Hall–Kier alpha value is -4.70. The Balaban J connectivity index is 1.30. The first kappa shape index (κ1) is 27.2. The second-order valence-electron chi connectivity index (χ2n) is 13.0. The molecule has 1 aliphatic rings. The molecule has 4 heteroatoms. The molecule has 212 valence electrons. The molecule has 3 nitrogen and oxygen atoms in total. The van der Waals surface area contributed by atoms with Crippen LogP contribution < -0.4 is 0 Å². The molecule has 0 amide bonds. The summed E-state index contributed by atoms with van der Waals surface area (Å²) in [6.07, 6.45) is 2.38. The summed E-state index contributed by atoms with van der Waals surface area (Å²) in [4.78, 5) is 14.5. The van der Waals surface area contributed by atoms with E-state index in [9.17, 15) is 4.39 Å². The fourth-order valence-corrected chi connectivity index (χ4v) is 6.30. The van der Waals surface area contributed by atoms with Crippen molar-refractivity contribution in [1.29, 1.82) is 0 Å². The number of hydrogen-bond donors (Lipinski definition) is 0. The molecule has 5 aromatic carbocycles. The highest BCUT2D eigenvalue weighted by Gasteiger charge is 2.37. The standard InChI is InChI=1S/C39H34FN3/c1-38(2)20-21-39(3,4)34-24-29(18-19-33(34)38)26-12-15-27(16-13-26)35-41-36(30-10-7-11-32(40)23-30)43-37(42-35)31-17-14-25-8-5-6-9-28(25)22-31/h5-19,22-24H,20-21H2,1-4H3. The van der Waals surface area contributed by atoms with Crippen molar-refractivity contribution in [3.8, 4) is 45.3 Å². The molecule has 0 spiro atoms. The summed E-state index contributed by atoms with van der Waals surface area (Å²) in [6.45, 7) is 9.43. The third-order valence-corrected chi connectivity index (χ3v) is 9.06. The van der Waals surface area contributed by atoms with Gasteiger partial charge in [0.1, 0.15) is 5.82 Å². The van der Waals surface area contributed by atoms with Gasteiger partial charge in [-0.25, -0.2) is 19.3 Å². The molecule has 1 heterocycles. The van der Waals surface area contributed by atoms with Gasteiger partial charge in [-0.15, -0.1) is 0 Å². The van der Waals surface area contributed by atoms with Crippen LogP contribution in [0.1, 0.15) is 51.7 Å². The average Bonchev–Trinajstić information content (AvgIpc) is 3.03. The highest BCUT2D eigenvalue weighted by molar-refractivity contribution is 5.86. The molecule has 0 unspecified atom stereocenters. The van der Waals surface area contributed by atoms with Crippen molar-refractivity contribution >= 4 is 10.8 Å². The average molecular weight is 564 g/mol. The molecule has 0 atom stereocenters. The molecule has 0 fully saturated rings. The second-order valence-corrected chi connectivity index (χ2v) is 13.0. The molecular formula is C39H34FN3. The monoisotopic (exact) mass is 563 g/mol. The quantitative estimate of drug-likeness (QED) is 0.214. The van der Waals surface area contributed by atoms with Crippen molar-refractivity contribution in [1.82, 2.24) is 15.0 Å². The number of fused-ring (bicyclic) bond motifs is 2. The van der Waals surface area contributed by atoms with Crippen molar-refractivity contribution in [2.45, 2.75) is 51.4 Å². The van der Waals surface area contributed by atoms with E-state index >= 15 is 0 Å². The Kier molecular flexibility index (Phi) is 6.46. The molecule has 1 aromatic heterocycles. The molecule has 0 bridgehead atoms. The Morgan fingerprint density at radius 3 is 1.72 bits per heavy atom.